The standard InChI is InChI=1S/C17H20N4/c18-16-3-1-2-15(20-16)12-6-4-11(5-7-12)8-21-9-13-14(10-21)17(13)19/h1-7,13-14,17H,8-10,19H2,(H2,18,20). The van der Waals surface area contributed by atoms with Crippen molar-refractivity contribution in [2.75, 3.05) is 18.8 Å². The second-order valence-corrected chi connectivity index (χ2v) is 6.24. The Labute approximate surface area is 124 Å². The fourth-order valence-corrected chi connectivity index (χ4v) is 3.44. The molecule has 0 radical (unpaired) electrons. The van der Waals surface area contributed by atoms with Crippen molar-refractivity contribution in [1.29, 1.82) is 0 Å². The summed E-state index contributed by atoms with van der Waals surface area (Å²) in [6.07, 6.45) is 0. The van der Waals surface area contributed by atoms with Crippen LogP contribution in [0.1, 0.15) is 5.56 Å². The highest BCUT2D eigenvalue weighted by molar-refractivity contribution is 5.61. The quantitative estimate of drug-likeness (QED) is 0.898. The Hall–Kier alpha value is -1.91. The van der Waals surface area contributed by atoms with Crippen LogP contribution in [-0.2, 0) is 6.54 Å². The molecule has 2 unspecified atom stereocenters. The van der Waals surface area contributed by atoms with Crippen LogP contribution in [0.25, 0.3) is 11.3 Å². The smallest absolute Gasteiger partial charge is 0.124 e. The number of rotatable bonds is 3. The van der Waals surface area contributed by atoms with Crippen LogP contribution < -0.4 is 11.5 Å². The van der Waals surface area contributed by atoms with Crippen molar-refractivity contribution in [2.24, 2.45) is 17.6 Å². The Morgan fingerprint density at radius 2 is 1.76 bits per heavy atom. The third-order valence-electron chi connectivity index (χ3n) is 4.76. The van der Waals surface area contributed by atoms with E-state index in [4.69, 9.17) is 11.5 Å². The Bertz CT molecular complexity index is 640. The lowest BCUT2D eigenvalue weighted by molar-refractivity contribution is 0.290. The van der Waals surface area contributed by atoms with E-state index in [1.54, 1.807) is 6.07 Å². The molecule has 1 aliphatic heterocycles. The van der Waals surface area contributed by atoms with Crippen molar-refractivity contribution in [3.8, 4) is 11.3 Å². The van der Waals surface area contributed by atoms with E-state index >= 15 is 0 Å². The SMILES string of the molecule is Nc1cccc(-c2ccc(CN3CC4C(N)C4C3)cc2)n1. The number of pyridine rings is 1. The molecule has 1 aliphatic carbocycles. The minimum atomic E-state index is 0.471. The largest absolute Gasteiger partial charge is 0.384 e. The summed E-state index contributed by atoms with van der Waals surface area (Å²) >= 11 is 0. The molecule has 108 valence electrons. The second-order valence-electron chi connectivity index (χ2n) is 6.24. The number of benzene rings is 1. The Morgan fingerprint density at radius 1 is 1.05 bits per heavy atom. The zero-order valence-corrected chi connectivity index (χ0v) is 11.9. The molecule has 0 bridgehead atoms. The molecule has 0 spiro atoms. The fourth-order valence-electron chi connectivity index (χ4n) is 3.44. The first kappa shape index (κ1) is 12.8. The monoisotopic (exact) mass is 280 g/mol. The molecule has 1 aromatic carbocycles. The second kappa shape index (κ2) is 4.83. The van der Waals surface area contributed by atoms with Crippen molar-refractivity contribution in [3.05, 3.63) is 48.0 Å². The highest BCUT2D eigenvalue weighted by Crippen LogP contribution is 2.44. The minimum Gasteiger partial charge on any atom is -0.384 e. The van der Waals surface area contributed by atoms with Gasteiger partial charge in [-0.2, -0.15) is 0 Å². The molecular weight excluding hydrogens is 260 g/mol. The molecule has 2 atom stereocenters. The number of nitrogens with zero attached hydrogens (tertiary/aromatic N) is 2. The predicted octanol–water partition coefficient (Wildman–Crippen LogP) is 1.72. The number of aromatic nitrogens is 1. The molecule has 21 heavy (non-hydrogen) atoms. The van der Waals surface area contributed by atoms with Gasteiger partial charge in [0.1, 0.15) is 5.82 Å². The summed E-state index contributed by atoms with van der Waals surface area (Å²) < 4.78 is 0. The van der Waals surface area contributed by atoms with E-state index in [0.29, 0.717) is 11.9 Å². The number of piperidine rings is 1. The average molecular weight is 280 g/mol. The number of hydrogen-bond donors (Lipinski definition) is 2. The summed E-state index contributed by atoms with van der Waals surface area (Å²) in [5.41, 5.74) is 15.1. The molecule has 4 heteroatoms. The van der Waals surface area contributed by atoms with Crippen molar-refractivity contribution in [3.63, 3.8) is 0 Å². The molecule has 2 aliphatic rings. The number of likely N-dealkylation sites (tertiary alicyclic amines) is 1. The molecule has 4 N–H and O–H groups in total. The molecule has 2 heterocycles. The topological polar surface area (TPSA) is 68.2 Å². The maximum Gasteiger partial charge on any atom is 0.124 e. The fraction of sp³-hybridized carbons (Fsp3) is 0.353. The van der Waals surface area contributed by atoms with Crippen LogP contribution in [-0.4, -0.2) is 29.0 Å². The van der Waals surface area contributed by atoms with Gasteiger partial charge in [0.25, 0.3) is 0 Å². The van der Waals surface area contributed by atoms with Crippen molar-refractivity contribution < 1.29 is 0 Å². The van der Waals surface area contributed by atoms with Crippen LogP contribution in [0.5, 0.6) is 0 Å². The predicted molar refractivity (Wildman–Crippen MR) is 84.3 cm³/mol. The zero-order valence-electron chi connectivity index (χ0n) is 11.9. The zero-order chi connectivity index (χ0) is 14.4. The lowest BCUT2D eigenvalue weighted by Gasteiger charge is -2.18. The van der Waals surface area contributed by atoms with Gasteiger partial charge < -0.3 is 11.5 Å². The average Bonchev–Trinajstić information content (AvgIpc) is 2.91. The lowest BCUT2D eigenvalue weighted by Crippen LogP contribution is -2.27. The Balaban J connectivity index is 1.44. The molecule has 1 saturated heterocycles. The summed E-state index contributed by atoms with van der Waals surface area (Å²) in [4.78, 5) is 6.86. The highest BCUT2D eigenvalue weighted by Gasteiger charge is 2.53. The van der Waals surface area contributed by atoms with Crippen molar-refractivity contribution in [2.45, 2.75) is 12.6 Å². The van der Waals surface area contributed by atoms with Gasteiger partial charge in [0.15, 0.2) is 0 Å². The molecule has 2 aromatic rings. The summed E-state index contributed by atoms with van der Waals surface area (Å²) in [6, 6.07) is 14.8. The van der Waals surface area contributed by atoms with Crippen LogP contribution in [0.2, 0.25) is 0 Å². The lowest BCUT2D eigenvalue weighted by atomic mass is 10.1. The van der Waals surface area contributed by atoms with E-state index in [1.807, 2.05) is 12.1 Å². The van der Waals surface area contributed by atoms with E-state index in [-0.39, 0.29) is 0 Å². The van der Waals surface area contributed by atoms with Gasteiger partial charge in [-0.05, 0) is 29.5 Å². The van der Waals surface area contributed by atoms with Crippen molar-refractivity contribution >= 4 is 5.82 Å². The summed E-state index contributed by atoms with van der Waals surface area (Å²) in [5.74, 6) is 2.06. The maximum atomic E-state index is 5.98. The molecule has 4 rings (SSSR count). The van der Waals surface area contributed by atoms with Crippen LogP contribution >= 0.6 is 0 Å². The number of nitrogens with two attached hydrogens (primary N) is 2. The number of hydrogen-bond acceptors (Lipinski definition) is 4. The highest BCUT2D eigenvalue weighted by atomic mass is 15.2. The first-order valence-electron chi connectivity index (χ1n) is 7.50. The van der Waals surface area contributed by atoms with Gasteiger partial charge in [0.05, 0.1) is 5.69 Å². The Kier molecular flexibility index (Phi) is 2.94. The normalized spacial score (nSPS) is 27.6. The number of fused-ring (bicyclic) bond motifs is 1. The third kappa shape index (κ3) is 2.41. The first-order chi connectivity index (χ1) is 10.2. The Morgan fingerprint density at radius 3 is 2.43 bits per heavy atom. The summed E-state index contributed by atoms with van der Waals surface area (Å²) in [5, 5.41) is 0. The van der Waals surface area contributed by atoms with E-state index in [9.17, 15) is 0 Å². The van der Waals surface area contributed by atoms with E-state index in [1.165, 1.54) is 5.56 Å². The first-order valence-corrected chi connectivity index (χ1v) is 7.50. The van der Waals surface area contributed by atoms with Crippen molar-refractivity contribution in [1.82, 2.24) is 9.88 Å². The van der Waals surface area contributed by atoms with Gasteiger partial charge in [-0.15, -0.1) is 0 Å². The molecule has 4 nitrogen and oxygen atoms in total. The molecule has 1 saturated carbocycles. The third-order valence-corrected chi connectivity index (χ3v) is 4.76. The number of anilines is 1. The summed E-state index contributed by atoms with van der Waals surface area (Å²) in [6.45, 7) is 3.33. The van der Waals surface area contributed by atoms with Crippen LogP contribution in [0.15, 0.2) is 42.5 Å². The molecule has 0 amide bonds. The summed E-state index contributed by atoms with van der Waals surface area (Å²) in [7, 11) is 0. The molecule has 2 fully saturated rings. The van der Waals surface area contributed by atoms with Crippen LogP contribution in [0, 0.1) is 11.8 Å². The van der Waals surface area contributed by atoms with Gasteiger partial charge in [-0.25, -0.2) is 4.98 Å². The van der Waals surface area contributed by atoms with Gasteiger partial charge in [0.2, 0.25) is 0 Å². The maximum absolute atomic E-state index is 5.98. The van der Waals surface area contributed by atoms with Crippen LogP contribution in [0.4, 0.5) is 5.82 Å². The van der Waals surface area contributed by atoms with Gasteiger partial charge in [-0.3, -0.25) is 4.90 Å². The van der Waals surface area contributed by atoms with Crippen LogP contribution in [0.3, 0.4) is 0 Å². The number of nitrogen functional groups attached to an aromatic ring is 1. The van der Waals surface area contributed by atoms with Gasteiger partial charge in [0, 0.05) is 31.2 Å². The van der Waals surface area contributed by atoms with Gasteiger partial charge >= 0.3 is 0 Å². The molecular formula is C17H20N4. The van der Waals surface area contributed by atoms with Gasteiger partial charge in [-0.1, -0.05) is 30.3 Å². The minimum absolute atomic E-state index is 0.471. The van der Waals surface area contributed by atoms with E-state index in [2.05, 4.69) is 34.1 Å². The van der Waals surface area contributed by atoms with E-state index in [0.717, 1.165) is 42.7 Å². The van der Waals surface area contributed by atoms with E-state index < -0.39 is 0 Å². The molecule has 1 aromatic heterocycles.